The SMILES string of the molecule is CCNC(C)(C)c1nc2cc(C)ccc2n1C. The highest BCUT2D eigenvalue weighted by molar-refractivity contribution is 5.77. The summed E-state index contributed by atoms with van der Waals surface area (Å²) < 4.78 is 2.18. The number of hydrogen-bond acceptors (Lipinski definition) is 2. The molecule has 0 fully saturated rings. The van der Waals surface area contributed by atoms with Gasteiger partial charge in [0.2, 0.25) is 0 Å². The first kappa shape index (κ1) is 12.1. The Kier molecular flexibility index (Phi) is 2.96. The Bertz CT molecular complexity index is 538. The van der Waals surface area contributed by atoms with E-state index in [1.165, 1.54) is 11.1 Å². The van der Waals surface area contributed by atoms with Gasteiger partial charge in [-0.05, 0) is 45.0 Å². The molecule has 1 heterocycles. The molecule has 92 valence electrons. The maximum Gasteiger partial charge on any atom is 0.129 e. The summed E-state index contributed by atoms with van der Waals surface area (Å²) in [5.41, 5.74) is 3.42. The number of rotatable bonds is 3. The molecular formula is C14H21N3. The van der Waals surface area contributed by atoms with Crippen molar-refractivity contribution in [2.24, 2.45) is 7.05 Å². The van der Waals surface area contributed by atoms with Gasteiger partial charge in [0.15, 0.2) is 0 Å². The number of benzene rings is 1. The van der Waals surface area contributed by atoms with E-state index in [-0.39, 0.29) is 5.54 Å². The second kappa shape index (κ2) is 4.15. The number of aryl methyl sites for hydroxylation is 2. The van der Waals surface area contributed by atoms with Crippen molar-refractivity contribution in [1.29, 1.82) is 0 Å². The molecule has 2 rings (SSSR count). The van der Waals surface area contributed by atoms with E-state index in [9.17, 15) is 0 Å². The van der Waals surface area contributed by atoms with Gasteiger partial charge in [0.1, 0.15) is 5.82 Å². The van der Waals surface area contributed by atoms with Crippen LogP contribution in [-0.4, -0.2) is 16.1 Å². The van der Waals surface area contributed by atoms with Gasteiger partial charge in [0.25, 0.3) is 0 Å². The fourth-order valence-corrected chi connectivity index (χ4v) is 2.39. The first-order valence-corrected chi connectivity index (χ1v) is 6.14. The van der Waals surface area contributed by atoms with Crippen molar-refractivity contribution >= 4 is 11.0 Å². The molecule has 3 nitrogen and oxygen atoms in total. The van der Waals surface area contributed by atoms with Gasteiger partial charge in [-0.15, -0.1) is 0 Å². The largest absolute Gasteiger partial charge is 0.330 e. The predicted molar refractivity (Wildman–Crippen MR) is 72.2 cm³/mol. The molecule has 1 aromatic heterocycles. The highest BCUT2D eigenvalue weighted by Gasteiger charge is 2.25. The van der Waals surface area contributed by atoms with E-state index in [2.05, 4.69) is 62.8 Å². The van der Waals surface area contributed by atoms with Crippen LogP contribution in [0.5, 0.6) is 0 Å². The van der Waals surface area contributed by atoms with Gasteiger partial charge in [0, 0.05) is 7.05 Å². The summed E-state index contributed by atoms with van der Waals surface area (Å²) in [6.45, 7) is 9.50. The topological polar surface area (TPSA) is 29.9 Å². The van der Waals surface area contributed by atoms with Crippen LogP contribution in [0.1, 0.15) is 32.2 Å². The van der Waals surface area contributed by atoms with Crippen molar-refractivity contribution in [1.82, 2.24) is 14.9 Å². The number of aromatic nitrogens is 2. The molecule has 1 aromatic carbocycles. The van der Waals surface area contributed by atoms with Crippen molar-refractivity contribution in [3.05, 3.63) is 29.6 Å². The normalized spacial score (nSPS) is 12.3. The molecule has 0 atom stereocenters. The maximum absolute atomic E-state index is 4.76. The fraction of sp³-hybridized carbons (Fsp3) is 0.500. The minimum atomic E-state index is -0.101. The molecule has 0 radical (unpaired) electrons. The van der Waals surface area contributed by atoms with E-state index in [4.69, 9.17) is 4.98 Å². The van der Waals surface area contributed by atoms with Crippen molar-refractivity contribution in [2.45, 2.75) is 33.2 Å². The van der Waals surface area contributed by atoms with E-state index in [0.29, 0.717) is 0 Å². The van der Waals surface area contributed by atoms with Gasteiger partial charge in [-0.25, -0.2) is 4.98 Å². The minimum Gasteiger partial charge on any atom is -0.330 e. The second-order valence-corrected chi connectivity index (χ2v) is 5.14. The fourth-order valence-electron chi connectivity index (χ4n) is 2.39. The van der Waals surface area contributed by atoms with Crippen LogP contribution in [-0.2, 0) is 12.6 Å². The average Bonchev–Trinajstić information content (AvgIpc) is 2.56. The zero-order valence-corrected chi connectivity index (χ0v) is 11.3. The highest BCUT2D eigenvalue weighted by Crippen LogP contribution is 2.24. The molecule has 0 unspecified atom stereocenters. The van der Waals surface area contributed by atoms with Crippen molar-refractivity contribution < 1.29 is 0 Å². The van der Waals surface area contributed by atoms with Gasteiger partial charge in [-0.1, -0.05) is 13.0 Å². The van der Waals surface area contributed by atoms with Gasteiger partial charge >= 0.3 is 0 Å². The first-order chi connectivity index (χ1) is 7.95. The molecule has 17 heavy (non-hydrogen) atoms. The van der Waals surface area contributed by atoms with Crippen molar-refractivity contribution in [2.75, 3.05) is 6.54 Å². The Balaban J connectivity index is 2.59. The Labute approximate surface area is 103 Å². The van der Waals surface area contributed by atoms with Gasteiger partial charge in [-0.3, -0.25) is 0 Å². The summed E-state index contributed by atoms with van der Waals surface area (Å²) in [5, 5.41) is 3.47. The van der Waals surface area contributed by atoms with E-state index in [0.717, 1.165) is 17.9 Å². The Morgan fingerprint density at radius 3 is 2.71 bits per heavy atom. The van der Waals surface area contributed by atoms with Crippen LogP contribution in [0.4, 0.5) is 0 Å². The van der Waals surface area contributed by atoms with Crippen LogP contribution >= 0.6 is 0 Å². The smallest absolute Gasteiger partial charge is 0.129 e. The Hall–Kier alpha value is -1.35. The van der Waals surface area contributed by atoms with Gasteiger partial charge in [0.05, 0.1) is 16.6 Å². The molecule has 2 aromatic rings. The third-order valence-electron chi connectivity index (χ3n) is 3.21. The van der Waals surface area contributed by atoms with Crippen LogP contribution in [0, 0.1) is 6.92 Å². The lowest BCUT2D eigenvalue weighted by molar-refractivity contribution is 0.383. The van der Waals surface area contributed by atoms with Gasteiger partial charge < -0.3 is 9.88 Å². The molecule has 0 spiro atoms. The molecule has 0 aliphatic carbocycles. The van der Waals surface area contributed by atoms with E-state index < -0.39 is 0 Å². The highest BCUT2D eigenvalue weighted by atomic mass is 15.1. The third-order valence-corrected chi connectivity index (χ3v) is 3.21. The van der Waals surface area contributed by atoms with Crippen LogP contribution in [0.15, 0.2) is 18.2 Å². The molecule has 0 bridgehead atoms. The Morgan fingerprint density at radius 2 is 2.06 bits per heavy atom. The van der Waals surface area contributed by atoms with E-state index >= 15 is 0 Å². The minimum absolute atomic E-state index is 0.101. The summed E-state index contributed by atoms with van der Waals surface area (Å²) in [4.78, 5) is 4.76. The van der Waals surface area contributed by atoms with E-state index in [1.807, 2.05) is 0 Å². The van der Waals surface area contributed by atoms with Crippen LogP contribution < -0.4 is 5.32 Å². The standard InChI is InChI=1S/C14H21N3/c1-6-15-14(3,4)13-16-11-9-10(2)7-8-12(11)17(13)5/h7-9,15H,6H2,1-5H3. The number of imidazole rings is 1. The summed E-state index contributed by atoms with van der Waals surface area (Å²) >= 11 is 0. The van der Waals surface area contributed by atoms with Crippen LogP contribution in [0.25, 0.3) is 11.0 Å². The monoisotopic (exact) mass is 231 g/mol. The summed E-state index contributed by atoms with van der Waals surface area (Å²) in [5.74, 6) is 1.08. The lowest BCUT2D eigenvalue weighted by atomic mass is 10.1. The van der Waals surface area contributed by atoms with Gasteiger partial charge in [-0.2, -0.15) is 0 Å². The molecule has 0 saturated carbocycles. The van der Waals surface area contributed by atoms with Crippen LogP contribution in [0.3, 0.4) is 0 Å². The van der Waals surface area contributed by atoms with Crippen molar-refractivity contribution in [3.8, 4) is 0 Å². The lowest BCUT2D eigenvalue weighted by Gasteiger charge is -2.25. The molecular weight excluding hydrogens is 210 g/mol. The zero-order valence-electron chi connectivity index (χ0n) is 11.3. The molecule has 0 saturated heterocycles. The molecule has 3 heteroatoms. The quantitative estimate of drug-likeness (QED) is 0.880. The molecule has 0 aliphatic rings. The third kappa shape index (κ3) is 2.07. The maximum atomic E-state index is 4.76. The number of fused-ring (bicyclic) bond motifs is 1. The van der Waals surface area contributed by atoms with Crippen LogP contribution in [0.2, 0.25) is 0 Å². The number of hydrogen-bond donors (Lipinski definition) is 1. The number of nitrogens with zero attached hydrogens (tertiary/aromatic N) is 2. The second-order valence-electron chi connectivity index (χ2n) is 5.14. The summed E-state index contributed by atoms with van der Waals surface area (Å²) in [6, 6.07) is 6.41. The predicted octanol–water partition coefficient (Wildman–Crippen LogP) is 2.73. The first-order valence-electron chi connectivity index (χ1n) is 6.14. The van der Waals surface area contributed by atoms with E-state index in [1.54, 1.807) is 0 Å². The molecule has 0 aliphatic heterocycles. The zero-order chi connectivity index (χ0) is 12.6. The summed E-state index contributed by atoms with van der Waals surface area (Å²) in [6.07, 6.45) is 0. The van der Waals surface area contributed by atoms with Crippen molar-refractivity contribution in [3.63, 3.8) is 0 Å². The average molecular weight is 231 g/mol. The lowest BCUT2D eigenvalue weighted by Crippen LogP contribution is -2.38. The molecule has 0 amide bonds. The Morgan fingerprint density at radius 1 is 1.35 bits per heavy atom. The molecule has 1 N–H and O–H groups in total. The number of nitrogens with one attached hydrogen (secondary N) is 1. The summed E-state index contributed by atoms with van der Waals surface area (Å²) in [7, 11) is 2.08.